The van der Waals surface area contributed by atoms with Crippen LogP contribution in [-0.2, 0) is 14.9 Å². The summed E-state index contributed by atoms with van der Waals surface area (Å²) >= 11 is 0. The zero-order valence-corrected chi connectivity index (χ0v) is 15.4. The first kappa shape index (κ1) is 15.5. The third kappa shape index (κ3) is 3.50. The van der Waals surface area contributed by atoms with Gasteiger partial charge in [0, 0.05) is 13.2 Å². The Morgan fingerprint density at radius 2 is 1.95 bits per heavy atom. The van der Waals surface area contributed by atoms with Crippen molar-refractivity contribution >= 4 is 22.5 Å². The molecule has 4 heteroatoms. The van der Waals surface area contributed by atoms with E-state index in [2.05, 4.69) is 31.2 Å². The second kappa shape index (κ2) is 7.22. The molecule has 0 saturated carbocycles. The maximum absolute atomic E-state index is 6.44. The minimum absolute atomic E-state index is 0.978. The first-order chi connectivity index (χ1) is 10.3. The van der Waals surface area contributed by atoms with Crippen molar-refractivity contribution in [2.75, 3.05) is 13.2 Å². The average molecular weight is 321 g/mol. The van der Waals surface area contributed by atoms with Crippen molar-refractivity contribution in [3.8, 4) is 0 Å². The molecule has 3 rings (SSSR count). The number of benzene rings is 1. The Morgan fingerprint density at radius 3 is 2.67 bits per heavy atom. The Bertz CT molecular complexity index is 452. The molecule has 0 radical (unpaired) electrons. The van der Waals surface area contributed by atoms with Gasteiger partial charge < -0.3 is 8.85 Å². The summed E-state index contributed by atoms with van der Waals surface area (Å²) in [5.74, 6) is 0. The van der Waals surface area contributed by atoms with E-state index in [0.29, 0.717) is 0 Å². The third-order valence-electron chi connectivity index (χ3n) is 5.15. The Balaban J connectivity index is 1.83. The van der Waals surface area contributed by atoms with Crippen molar-refractivity contribution in [2.45, 2.75) is 56.8 Å². The van der Waals surface area contributed by atoms with Crippen LogP contribution in [0.3, 0.4) is 0 Å². The first-order valence-electron chi connectivity index (χ1n) is 8.68. The Hall–Kier alpha value is -0.426. The SMILES string of the molecule is CC[Si]1(c2ccccc2C[SiH]2CCCCO2)CCCCO1. The second-order valence-electron chi connectivity index (χ2n) is 6.50. The van der Waals surface area contributed by atoms with E-state index in [1.165, 1.54) is 49.9 Å². The number of hydrogen-bond acceptors (Lipinski definition) is 2. The maximum Gasteiger partial charge on any atom is 0.224 e. The molecule has 0 amide bonds. The highest BCUT2D eigenvalue weighted by atomic mass is 28.4. The molecule has 0 bridgehead atoms. The molecule has 2 heterocycles. The molecule has 0 N–H and O–H groups in total. The fourth-order valence-electron chi connectivity index (χ4n) is 3.89. The second-order valence-corrected chi connectivity index (χ2v) is 13.1. The minimum atomic E-state index is -1.70. The molecule has 1 aromatic rings. The van der Waals surface area contributed by atoms with E-state index in [1.54, 1.807) is 10.8 Å². The van der Waals surface area contributed by atoms with Crippen LogP contribution in [0.4, 0.5) is 0 Å². The van der Waals surface area contributed by atoms with Gasteiger partial charge in [-0.3, -0.25) is 0 Å². The van der Waals surface area contributed by atoms with E-state index < -0.39 is 17.4 Å². The van der Waals surface area contributed by atoms with Gasteiger partial charge in [0.1, 0.15) is 0 Å². The van der Waals surface area contributed by atoms with Crippen molar-refractivity contribution in [1.82, 2.24) is 0 Å². The summed E-state index contributed by atoms with van der Waals surface area (Å²) in [5.41, 5.74) is 1.56. The van der Waals surface area contributed by atoms with Crippen LogP contribution < -0.4 is 5.19 Å². The molecule has 2 aliphatic rings. The Labute approximate surface area is 131 Å². The molecule has 0 spiro atoms. The van der Waals surface area contributed by atoms with Gasteiger partial charge in [-0.1, -0.05) is 44.0 Å². The highest BCUT2D eigenvalue weighted by Gasteiger charge is 2.39. The highest BCUT2D eigenvalue weighted by molar-refractivity contribution is 6.87. The van der Waals surface area contributed by atoms with E-state index in [9.17, 15) is 0 Å². The molecule has 0 aromatic heterocycles. The monoisotopic (exact) mass is 320 g/mol. The molecular weight excluding hydrogens is 292 g/mol. The summed E-state index contributed by atoms with van der Waals surface area (Å²) in [6.45, 7) is 4.32. The summed E-state index contributed by atoms with van der Waals surface area (Å²) in [4.78, 5) is 0. The normalized spacial score (nSPS) is 30.2. The molecule has 0 aliphatic carbocycles. The van der Waals surface area contributed by atoms with Gasteiger partial charge in [-0.15, -0.1) is 0 Å². The van der Waals surface area contributed by atoms with Crippen LogP contribution in [0.5, 0.6) is 0 Å². The predicted molar refractivity (Wildman–Crippen MR) is 93.2 cm³/mol. The van der Waals surface area contributed by atoms with E-state index in [1.807, 2.05) is 0 Å². The highest BCUT2D eigenvalue weighted by Crippen LogP contribution is 2.27. The molecular formula is C17H28O2Si2. The summed E-state index contributed by atoms with van der Waals surface area (Å²) < 4.78 is 12.5. The lowest BCUT2D eigenvalue weighted by Gasteiger charge is -2.36. The predicted octanol–water partition coefficient (Wildman–Crippen LogP) is 3.29. The fourth-order valence-corrected chi connectivity index (χ4v) is 10.7. The smallest absolute Gasteiger partial charge is 0.224 e. The van der Waals surface area contributed by atoms with Gasteiger partial charge in [0.25, 0.3) is 0 Å². The molecule has 116 valence electrons. The molecule has 2 nitrogen and oxygen atoms in total. The fraction of sp³-hybridized carbons (Fsp3) is 0.647. The maximum atomic E-state index is 6.44. The Morgan fingerprint density at radius 1 is 1.10 bits per heavy atom. The molecule has 2 saturated heterocycles. The quantitative estimate of drug-likeness (QED) is 0.793. The van der Waals surface area contributed by atoms with Crippen molar-refractivity contribution < 1.29 is 8.85 Å². The average Bonchev–Trinajstić information content (AvgIpc) is 2.57. The van der Waals surface area contributed by atoms with E-state index in [0.717, 1.165) is 13.2 Å². The summed E-state index contributed by atoms with van der Waals surface area (Å²) in [5, 5.41) is 1.59. The van der Waals surface area contributed by atoms with Crippen molar-refractivity contribution in [3.05, 3.63) is 29.8 Å². The first-order valence-corrected chi connectivity index (χ1v) is 13.1. The van der Waals surface area contributed by atoms with Gasteiger partial charge in [-0.2, -0.15) is 0 Å². The van der Waals surface area contributed by atoms with Gasteiger partial charge in [0.05, 0.1) is 0 Å². The van der Waals surface area contributed by atoms with Gasteiger partial charge in [0.15, 0.2) is 9.04 Å². The zero-order chi connectivity index (χ0) is 14.5. The topological polar surface area (TPSA) is 18.5 Å². The van der Waals surface area contributed by atoms with Gasteiger partial charge in [-0.05, 0) is 47.8 Å². The lowest BCUT2D eigenvalue weighted by molar-refractivity contribution is 0.275. The zero-order valence-electron chi connectivity index (χ0n) is 13.3. The number of hydrogen-bond donors (Lipinski definition) is 0. The van der Waals surface area contributed by atoms with Gasteiger partial charge in [0.2, 0.25) is 8.32 Å². The molecule has 2 atom stereocenters. The minimum Gasteiger partial charge on any atom is -0.420 e. The molecule has 2 fully saturated rings. The Kier molecular flexibility index (Phi) is 5.32. The van der Waals surface area contributed by atoms with Crippen LogP contribution in [0.2, 0.25) is 18.1 Å². The van der Waals surface area contributed by atoms with Crippen LogP contribution in [0, 0.1) is 0 Å². The third-order valence-corrected chi connectivity index (χ3v) is 12.3. The standard InChI is InChI=1S/C17H28O2Si2/c1-2-21(14-8-6-12-19-21)17-10-4-3-9-16(17)15-20-13-7-5-11-18-20/h3-4,9-10,20H,2,5-8,11-15H2,1H3. The summed E-state index contributed by atoms with van der Waals surface area (Å²) in [7, 11) is -2.71. The largest absolute Gasteiger partial charge is 0.420 e. The van der Waals surface area contributed by atoms with Gasteiger partial charge >= 0.3 is 0 Å². The van der Waals surface area contributed by atoms with Crippen LogP contribution in [0.15, 0.2) is 24.3 Å². The van der Waals surface area contributed by atoms with Crippen molar-refractivity contribution in [3.63, 3.8) is 0 Å². The van der Waals surface area contributed by atoms with Crippen molar-refractivity contribution in [2.24, 2.45) is 0 Å². The molecule has 2 aliphatic heterocycles. The summed E-state index contributed by atoms with van der Waals surface area (Å²) in [6, 6.07) is 14.2. The molecule has 21 heavy (non-hydrogen) atoms. The lowest BCUT2D eigenvalue weighted by Crippen LogP contribution is -2.54. The van der Waals surface area contributed by atoms with E-state index >= 15 is 0 Å². The van der Waals surface area contributed by atoms with E-state index in [4.69, 9.17) is 8.85 Å². The van der Waals surface area contributed by atoms with Crippen LogP contribution >= 0.6 is 0 Å². The van der Waals surface area contributed by atoms with Gasteiger partial charge in [-0.25, -0.2) is 0 Å². The molecule has 1 aromatic carbocycles. The van der Waals surface area contributed by atoms with E-state index in [-0.39, 0.29) is 0 Å². The van der Waals surface area contributed by atoms with Crippen LogP contribution in [-0.4, -0.2) is 30.6 Å². The molecule has 2 unspecified atom stereocenters. The van der Waals surface area contributed by atoms with Crippen LogP contribution in [0.1, 0.15) is 38.2 Å². The van der Waals surface area contributed by atoms with Crippen molar-refractivity contribution in [1.29, 1.82) is 0 Å². The summed E-state index contributed by atoms with van der Waals surface area (Å²) in [6.07, 6.45) is 5.25. The van der Waals surface area contributed by atoms with Crippen LogP contribution in [0.25, 0.3) is 0 Å². The number of rotatable bonds is 4. The lowest BCUT2D eigenvalue weighted by atomic mass is 10.2.